The lowest BCUT2D eigenvalue weighted by Gasteiger charge is -2.35. The molecule has 9 heteroatoms. The van der Waals surface area contributed by atoms with E-state index in [0.717, 1.165) is 17.1 Å². The van der Waals surface area contributed by atoms with Gasteiger partial charge in [0.25, 0.3) is 21.8 Å². The molecule has 1 aliphatic carbocycles. The molecular formula is C25H27N3O5S. The van der Waals surface area contributed by atoms with E-state index in [0.29, 0.717) is 45.4 Å². The predicted octanol–water partition coefficient (Wildman–Crippen LogP) is 2.30. The highest BCUT2D eigenvalue weighted by Crippen LogP contribution is 2.39. The van der Waals surface area contributed by atoms with Crippen molar-refractivity contribution in [1.82, 2.24) is 14.1 Å². The molecule has 1 saturated carbocycles. The zero-order chi connectivity index (χ0) is 23.9. The van der Waals surface area contributed by atoms with Crippen LogP contribution in [0.4, 0.5) is 0 Å². The Balaban J connectivity index is 1.18. The van der Waals surface area contributed by atoms with Crippen molar-refractivity contribution in [2.75, 3.05) is 26.2 Å². The Morgan fingerprint density at radius 3 is 2.26 bits per heavy atom. The van der Waals surface area contributed by atoms with Crippen LogP contribution in [0.1, 0.15) is 52.0 Å². The third-order valence-electron chi connectivity index (χ3n) is 6.69. The molecule has 2 aromatic rings. The summed E-state index contributed by atoms with van der Waals surface area (Å²) in [5.41, 5.74) is 1.59. The van der Waals surface area contributed by atoms with Crippen LogP contribution in [-0.4, -0.2) is 72.5 Å². The normalized spacial score (nSPS) is 19.3. The maximum Gasteiger partial charge on any atom is 0.269 e. The molecule has 0 atom stereocenters. The molecule has 2 heterocycles. The van der Waals surface area contributed by atoms with Crippen molar-refractivity contribution >= 4 is 27.7 Å². The van der Waals surface area contributed by atoms with Gasteiger partial charge in [0.05, 0.1) is 5.56 Å². The van der Waals surface area contributed by atoms with Crippen molar-refractivity contribution in [2.45, 2.75) is 43.0 Å². The fraction of sp³-hybridized carbons (Fsp3) is 0.400. The molecule has 5 rings (SSSR count). The molecule has 34 heavy (non-hydrogen) atoms. The first-order chi connectivity index (χ1) is 16.4. The lowest BCUT2D eigenvalue weighted by Crippen LogP contribution is -2.50. The van der Waals surface area contributed by atoms with Gasteiger partial charge in [0.15, 0.2) is 0 Å². The van der Waals surface area contributed by atoms with E-state index < -0.39 is 15.9 Å². The van der Waals surface area contributed by atoms with Crippen LogP contribution in [0.15, 0.2) is 53.4 Å². The SMILES string of the molecule is O=C(CCCc1ccccc1)N1CCN(C(=O)c2ccc3c(c2)S(=O)(=O)N(C2CC2)C3=O)CC1. The number of benzene rings is 2. The number of amides is 3. The highest BCUT2D eigenvalue weighted by atomic mass is 32.2. The van der Waals surface area contributed by atoms with Gasteiger partial charge in [-0.3, -0.25) is 14.4 Å². The van der Waals surface area contributed by atoms with Gasteiger partial charge in [-0.1, -0.05) is 30.3 Å². The minimum Gasteiger partial charge on any atom is -0.339 e. The molecule has 0 radical (unpaired) electrons. The number of sulfonamides is 1. The minimum absolute atomic E-state index is 0.0810. The largest absolute Gasteiger partial charge is 0.339 e. The number of carbonyl (C=O) groups is 3. The van der Waals surface area contributed by atoms with E-state index >= 15 is 0 Å². The van der Waals surface area contributed by atoms with Gasteiger partial charge >= 0.3 is 0 Å². The summed E-state index contributed by atoms with van der Waals surface area (Å²) in [6.45, 7) is 1.68. The summed E-state index contributed by atoms with van der Waals surface area (Å²) in [6.07, 6.45) is 3.46. The van der Waals surface area contributed by atoms with Crippen LogP contribution < -0.4 is 0 Å². The lowest BCUT2D eigenvalue weighted by molar-refractivity contribution is -0.132. The van der Waals surface area contributed by atoms with Gasteiger partial charge in [0.1, 0.15) is 4.90 Å². The van der Waals surface area contributed by atoms with Crippen LogP contribution in [0.5, 0.6) is 0 Å². The van der Waals surface area contributed by atoms with Gasteiger partial charge in [0, 0.05) is 44.2 Å². The van der Waals surface area contributed by atoms with Gasteiger partial charge in [-0.2, -0.15) is 0 Å². The molecule has 178 valence electrons. The van der Waals surface area contributed by atoms with Crippen molar-refractivity contribution in [3.8, 4) is 0 Å². The molecule has 8 nitrogen and oxygen atoms in total. The molecule has 0 aromatic heterocycles. The molecule has 2 fully saturated rings. The molecule has 0 bridgehead atoms. The summed E-state index contributed by atoms with van der Waals surface area (Å²) >= 11 is 0. The summed E-state index contributed by atoms with van der Waals surface area (Å²) in [5.74, 6) is -0.701. The van der Waals surface area contributed by atoms with Gasteiger partial charge in [0.2, 0.25) is 5.91 Å². The van der Waals surface area contributed by atoms with Gasteiger partial charge in [-0.25, -0.2) is 12.7 Å². The monoisotopic (exact) mass is 481 g/mol. The summed E-state index contributed by atoms with van der Waals surface area (Å²) in [5, 5.41) is 0. The number of aryl methyl sites for hydroxylation is 1. The molecule has 1 saturated heterocycles. The van der Waals surface area contributed by atoms with Crippen LogP contribution in [0, 0.1) is 0 Å². The quantitative estimate of drug-likeness (QED) is 0.631. The molecule has 0 N–H and O–H groups in total. The van der Waals surface area contributed by atoms with Crippen molar-refractivity contribution < 1.29 is 22.8 Å². The number of hydrogen-bond acceptors (Lipinski definition) is 5. The van der Waals surface area contributed by atoms with Crippen LogP contribution in [-0.2, 0) is 21.2 Å². The third-order valence-corrected chi connectivity index (χ3v) is 8.57. The smallest absolute Gasteiger partial charge is 0.269 e. The predicted molar refractivity (Wildman–Crippen MR) is 125 cm³/mol. The average molecular weight is 482 g/mol. The van der Waals surface area contributed by atoms with E-state index in [1.165, 1.54) is 23.8 Å². The second-order valence-corrected chi connectivity index (χ2v) is 10.8. The van der Waals surface area contributed by atoms with Gasteiger partial charge in [-0.15, -0.1) is 0 Å². The van der Waals surface area contributed by atoms with Crippen LogP contribution in [0.3, 0.4) is 0 Å². The molecule has 2 aromatic carbocycles. The van der Waals surface area contributed by atoms with Gasteiger partial charge in [-0.05, 0) is 49.4 Å². The second kappa shape index (κ2) is 8.87. The number of nitrogens with zero attached hydrogens (tertiary/aromatic N) is 3. The molecule has 0 unspecified atom stereocenters. The van der Waals surface area contributed by atoms with E-state index in [1.807, 2.05) is 18.2 Å². The summed E-state index contributed by atoms with van der Waals surface area (Å²) in [6, 6.07) is 14.1. The van der Waals surface area contributed by atoms with Crippen molar-refractivity contribution in [1.29, 1.82) is 0 Å². The van der Waals surface area contributed by atoms with E-state index in [1.54, 1.807) is 9.80 Å². The van der Waals surface area contributed by atoms with E-state index in [2.05, 4.69) is 12.1 Å². The molecule has 3 aliphatic rings. The maximum atomic E-state index is 13.1. The highest BCUT2D eigenvalue weighted by Gasteiger charge is 2.49. The standard InChI is InChI=1S/C25H27N3O5S/c29-23(8-4-7-18-5-2-1-3-6-18)26-13-15-27(16-14-26)24(30)19-9-12-21-22(17-19)34(32,33)28(25(21)31)20-10-11-20/h1-3,5-6,9,12,17,20H,4,7-8,10-11,13-16H2. The summed E-state index contributed by atoms with van der Waals surface area (Å²) < 4.78 is 26.7. The molecular weight excluding hydrogens is 454 g/mol. The Hall–Kier alpha value is -3.20. The van der Waals surface area contributed by atoms with E-state index in [9.17, 15) is 22.8 Å². The Bertz CT molecular complexity index is 1230. The molecule has 2 aliphatic heterocycles. The maximum absolute atomic E-state index is 13.1. The van der Waals surface area contributed by atoms with Crippen molar-refractivity contribution in [3.63, 3.8) is 0 Å². The molecule has 0 spiro atoms. The van der Waals surface area contributed by atoms with E-state index in [-0.39, 0.29) is 33.9 Å². The first-order valence-electron chi connectivity index (χ1n) is 11.7. The number of hydrogen-bond donors (Lipinski definition) is 0. The minimum atomic E-state index is -3.91. The summed E-state index contributed by atoms with van der Waals surface area (Å²) in [7, 11) is -3.91. The average Bonchev–Trinajstić information content (AvgIpc) is 3.66. The van der Waals surface area contributed by atoms with Crippen LogP contribution in [0.2, 0.25) is 0 Å². The zero-order valence-corrected chi connectivity index (χ0v) is 19.7. The number of rotatable bonds is 6. The van der Waals surface area contributed by atoms with Crippen molar-refractivity contribution in [2.24, 2.45) is 0 Å². The Labute approximate surface area is 199 Å². The highest BCUT2D eigenvalue weighted by molar-refractivity contribution is 7.90. The lowest BCUT2D eigenvalue weighted by atomic mass is 10.1. The fourth-order valence-electron chi connectivity index (χ4n) is 4.64. The van der Waals surface area contributed by atoms with Crippen LogP contribution in [0.25, 0.3) is 0 Å². The number of piperazine rings is 1. The fourth-order valence-corrected chi connectivity index (χ4v) is 6.48. The third kappa shape index (κ3) is 4.20. The van der Waals surface area contributed by atoms with Crippen LogP contribution >= 0.6 is 0 Å². The van der Waals surface area contributed by atoms with E-state index in [4.69, 9.17) is 0 Å². The Kier molecular flexibility index (Phi) is 5.89. The Morgan fingerprint density at radius 2 is 1.59 bits per heavy atom. The second-order valence-electron chi connectivity index (χ2n) is 9.06. The topological polar surface area (TPSA) is 95.1 Å². The molecule has 3 amide bonds. The summed E-state index contributed by atoms with van der Waals surface area (Å²) in [4.78, 5) is 41.5. The van der Waals surface area contributed by atoms with Crippen molar-refractivity contribution in [3.05, 3.63) is 65.2 Å². The first-order valence-corrected chi connectivity index (χ1v) is 13.1. The number of fused-ring (bicyclic) bond motifs is 1. The Morgan fingerprint density at radius 1 is 0.912 bits per heavy atom. The first kappa shape index (κ1) is 22.6. The number of carbonyl (C=O) groups excluding carboxylic acids is 3. The van der Waals surface area contributed by atoms with Gasteiger partial charge < -0.3 is 9.80 Å². The zero-order valence-electron chi connectivity index (χ0n) is 18.9.